The Morgan fingerprint density at radius 1 is 0.719 bits per heavy atom. The number of benzene rings is 1. The van der Waals surface area contributed by atoms with Crippen molar-refractivity contribution in [1.29, 1.82) is 0 Å². The quantitative estimate of drug-likeness (QED) is 0.0918. The summed E-state index contributed by atoms with van der Waals surface area (Å²) in [5.74, 6) is 0. The number of hydrogen-bond acceptors (Lipinski definition) is 0. The van der Waals surface area contributed by atoms with Gasteiger partial charge in [0.2, 0.25) is 0 Å². The van der Waals surface area contributed by atoms with Crippen LogP contribution >= 0.6 is 7.81 Å². The van der Waals surface area contributed by atoms with Gasteiger partial charge in [-0.2, -0.15) is 0 Å². The van der Waals surface area contributed by atoms with E-state index >= 15 is 0 Å². The Morgan fingerprint density at radius 2 is 1.06 bits per heavy atom. The predicted molar refractivity (Wildman–Crippen MR) is 130 cm³/mol. The van der Waals surface area contributed by atoms with Crippen LogP contribution in [0.2, 0.25) is 13.3 Å². The van der Waals surface area contributed by atoms with Crippen molar-refractivity contribution in [2.24, 2.45) is 0 Å². The molecule has 0 atom stereocenters. The summed E-state index contributed by atoms with van der Waals surface area (Å²) in [4.78, 5) is 0. The van der Waals surface area contributed by atoms with Gasteiger partial charge in [-0.15, -0.1) is 0 Å². The third-order valence-corrected chi connectivity index (χ3v) is 22.1. The van der Waals surface area contributed by atoms with Gasteiger partial charge >= 0.3 is 196 Å². The Hall–Kier alpha value is -0.0113. The molecular weight excluding hydrogens is 554 g/mol. The number of nitrogens with zero attached hydrogens (tertiary/aromatic N) is 1. The summed E-state index contributed by atoms with van der Waals surface area (Å²) in [7, 11) is -5.67. The number of unbranched alkanes of at least 4 members (excludes halogenated alkanes) is 3. The van der Waals surface area contributed by atoms with Crippen LogP contribution in [0.4, 0.5) is 25.2 Å². The van der Waals surface area contributed by atoms with Crippen LogP contribution in [0.5, 0.6) is 0 Å². The maximum atomic E-state index is 9.87. The van der Waals surface area contributed by atoms with Crippen molar-refractivity contribution in [2.75, 3.05) is 18.7 Å². The van der Waals surface area contributed by atoms with Crippen molar-refractivity contribution in [3.05, 3.63) is 35.4 Å². The average molecular weight is 598 g/mol. The zero-order valence-electron chi connectivity index (χ0n) is 20.7. The Balaban J connectivity index is 0.00000118. The van der Waals surface area contributed by atoms with E-state index in [1.807, 2.05) is 0 Å². The minimum absolute atomic E-state index is 1.20. The van der Waals surface area contributed by atoms with Gasteiger partial charge in [-0.05, 0) is 0 Å². The van der Waals surface area contributed by atoms with Gasteiger partial charge in [-0.3, -0.25) is 0 Å². The summed E-state index contributed by atoms with van der Waals surface area (Å²) in [5, 5.41) is 0. The fraction of sp³-hybridized carbons (Fsp3) is 0.739. The van der Waals surface area contributed by atoms with Crippen molar-refractivity contribution in [3.8, 4) is 0 Å². The number of quaternary nitrogens is 1. The molecule has 0 aliphatic heterocycles. The SMILES string of the molecule is CCC[CH2][Sn]([CH2]CCC)([CH2]CCC)[CH2][N+](C)(C)Cc1ccc(C)cc1.F[P-](F)(F)(F)(F)F. The molecule has 0 unspecified atom stereocenters. The molecule has 0 saturated heterocycles. The first-order valence-corrected chi connectivity index (χ1v) is 21.9. The minimum atomic E-state index is -10.7. The van der Waals surface area contributed by atoms with Crippen LogP contribution in [0.25, 0.3) is 0 Å². The second kappa shape index (κ2) is 12.1. The van der Waals surface area contributed by atoms with E-state index in [1.54, 1.807) is 13.3 Å². The third kappa shape index (κ3) is 19.5. The molecular formula is C23H44F6NPSn. The number of rotatable bonds is 13. The summed E-state index contributed by atoms with van der Waals surface area (Å²) < 4.78 is 66.8. The normalized spacial score (nSPS) is 14.9. The Morgan fingerprint density at radius 3 is 1.38 bits per heavy atom. The summed E-state index contributed by atoms with van der Waals surface area (Å²) in [6.45, 7) is 10.5. The fourth-order valence-electron chi connectivity index (χ4n) is 4.42. The van der Waals surface area contributed by atoms with E-state index in [0.29, 0.717) is 0 Å². The Bertz CT molecular complexity index is 626. The molecule has 0 radical (unpaired) electrons. The number of aryl methyl sites for hydroxylation is 1. The number of halogens is 6. The van der Waals surface area contributed by atoms with Crippen molar-refractivity contribution in [3.63, 3.8) is 0 Å². The summed E-state index contributed by atoms with van der Waals surface area (Å²) in [6.07, 6.45) is 8.57. The second-order valence-electron chi connectivity index (χ2n) is 10.0. The van der Waals surface area contributed by atoms with Gasteiger partial charge in [-0.1, -0.05) is 0 Å². The van der Waals surface area contributed by atoms with Crippen LogP contribution in [0.3, 0.4) is 0 Å². The molecule has 0 aromatic heterocycles. The molecule has 1 nitrogen and oxygen atoms in total. The molecule has 1 aromatic carbocycles. The second-order valence-corrected chi connectivity index (χ2v) is 25.7. The molecule has 32 heavy (non-hydrogen) atoms. The Labute approximate surface area is 195 Å². The van der Waals surface area contributed by atoms with E-state index in [1.165, 1.54) is 65.2 Å². The molecule has 0 heterocycles. The monoisotopic (exact) mass is 599 g/mol. The fourth-order valence-corrected chi connectivity index (χ4v) is 22.9. The summed E-state index contributed by atoms with van der Waals surface area (Å²) in [5.41, 5.74) is 2.88. The van der Waals surface area contributed by atoms with Crippen LogP contribution in [-0.2, 0) is 6.54 Å². The molecule has 0 bridgehead atoms. The maximum absolute atomic E-state index is 10.7. The van der Waals surface area contributed by atoms with Gasteiger partial charge in [0.1, 0.15) is 0 Å². The molecule has 0 saturated carbocycles. The predicted octanol–water partition coefficient (Wildman–Crippen LogP) is 10.3. The van der Waals surface area contributed by atoms with Gasteiger partial charge in [0, 0.05) is 0 Å². The molecule has 0 aliphatic carbocycles. The van der Waals surface area contributed by atoms with Gasteiger partial charge in [0.05, 0.1) is 0 Å². The first-order chi connectivity index (χ1) is 14.3. The van der Waals surface area contributed by atoms with Gasteiger partial charge < -0.3 is 0 Å². The summed E-state index contributed by atoms with van der Waals surface area (Å²) >= 11 is -2.07. The molecule has 0 aliphatic rings. The topological polar surface area (TPSA) is 0 Å². The van der Waals surface area contributed by atoms with Crippen molar-refractivity contribution < 1.29 is 29.7 Å². The molecule has 9 heteroatoms. The first-order valence-electron chi connectivity index (χ1n) is 11.8. The summed E-state index contributed by atoms with van der Waals surface area (Å²) in [6, 6.07) is 9.24. The van der Waals surface area contributed by atoms with E-state index in [4.69, 9.17) is 0 Å². The zero-order chi connectivity index (χ0) is 25.2. The average Bonchev–Trinajstić information content (AvgIpc) is 2.62. The van der Waals surface area contributed by atoms with Crippen LogP contribution < -0.4 is 0 Å². The van der Waals surface area contributed by atoms with Crippen LogP contribution in [0.15, 0.2) is 24.3 Å². The molecule has 0 fully saturated rings. The van der Waals surface area contributed by atoms with Crippen molar-refractivity contribution in [1.82, 2.24) is 0 Å². The van der Waals surface area contributed by atoms with E-state index in [0.717, 1.165) is 0 Å². The molecule has 192 valence electrons. The van der Waals surface area contributed by atoms with Gasteiger partial charge in [0.15, 0.2) is 0 Å². The van der Waals surface area contributed by atoms with Gasteiger partial charge in [-0.25, -0.2) is 0 Å². The molecule has 1 aromatic rings. The zero-order valence-corrected chi connectivity index (χ0v) is 24.5. The molecule has 0 N–H and O–H groups in total. The van der Waals surface area contributed by atoms with Crippen molar-refractivity contribution in [2.45, 2.75) is 86.1 Å². The first kappa shape index (κ1) is 32.0. The van der Waals surface area contributed by atoms with E-state index in [-0.39, 0.29) is 0 Å². The number of hydrogen-bond donors (Lipinski definition) is 0. The van der Waals surface area contributed by atoms with Crippen molar-refractivity contribution >= 4 is 26.2 Å². The van der Waals surface area contributed by atoms with Gasteiger partial charge in [0.25, 0.3) is 0 Å². The van der Waals surface area contributed by atoms with Crippen LogP contribution in [0, 0.1) is 6.92 Å². The van der Waals surface area contributed by atoms with E-state index in [2.05, 4.69) is 66.1 Å². The van der Waals surface area contributed by atoms with Crippen LogP contribution in [-0.4, -0.2) is 41.5 Å². The van der Waals surface area contributed by atoms with E-state index < -0.39 is 26.2 Å². The third-order valence-electron chi connectivity index (χ3n) is 5.68. The standard InChI is InChI=1S/C11H17N.3C4H9.F6P.Sn/c1-10-5-7-11(8-6-10)9-12(2,3)4;3*1-3-4-2;1-7(2,3,4,5)6;/h5-8H,2,9H2,1,3-4H3;3*1,3-4H2,2H3;;/q+1;;;;-1;. The molecule has 0 amide bonds. The van der Waals surface area contributed by atoms with Crippen LogP contribution in [0.1, 0.15) is 70.4 Å². The molecule has 1 rings (SSSR count). The van der Waals surface area contributed by atoms with E-state index in [9.17, 15) is 25.2 Å². The molecule has 0 spiro atoms. The Kier molecular flexibility index (Phi) is 12.1.